The molecule has 26 heavy (non-hydrogen) atoms. The summed E-state index contributed by atoms with van der Waals surface area (Å²) in [5.74, 6) is 1.52. The zero-order chi connectivity index (χ0) is 18.1. The van der Waals surface area contributed by atoms with Gasteiger partial charge in [-0.15, -0.1) is 0 Å². The molecule has 0 aromatic carbocycles. The molecule has 0 aliphatic heterocycles. The lowest BCUT2D eigenvalue weighted by Crippen LogP contribution is -2.23. The van der Waals surface area contributed by atoms with Crippen LogP contribution < -0.4 is 15.9 Å². The van der Waals surface area contributed by atoms with Crippen molar-refractivity contribution in [1.82, 2.24) is 24.5 Å². The number of nitrogens with one attached hydrogen (secondary N) is 2. The van der Waals surface area contributed by atoms with E-state index in [0.717, 1.165) is 25.1 Å². The third-order valence-electron chi connectivity index (χ3n) is 4.74. The first-order valence-corrected chi connectivity index (χ1v) is 9.02. The van der Waals surface area contributed by atoms with Crippen LogP contribution in [0.4, 0.5) is 0 Å². The maximum atomic E-state index is 12.9. The first-order valence-electron chi connectivity index (χ1n) is 9.02. The fraction of sp³-hybridized carbons (Fsp3) is 0.444. The fourth-order valence-corrected chi connectivity index (χ4v) is 3.47. The number of pyridine rings is 1. The SMILES string of the molecule is CCCn1c(Oc2cc[nH]c(=O)c2)nc2nc(C3CCCC3)[nH]c2c1=O. The Bertz CT molecular complexity index is 1040. The molecule has 0 amide bonds. The standard InChI is InChI=1S/C18H21N5O3/c1-2-9-23-17(25)14-16(21-15(20-14)11-5-3-4-6-11)22-18(23)26-12-7-8-19-13(24)10-12/h7-8,10-11H,2-6,9H2,1H3,(H,19,24)(H,20,21). The van der Waals surface area contributed by atoms with E-state index in [1.54, 1.807) is 6.07 Å². The first kappa shape index (κ1) is 16.6. The average Bonchev–Trinajstić information content (AvgIpc) is 3.27. The van der Waals surface area contributed by atoms with Gasteiger partial charge in [-0.1, -0.05) is 19.8 Å². The molecule has 3 heterocycles. The van der Waals surface area contributed by atoms with E-state index in [0.29, 0.717) is 29.4 Å². The van der Waals surface area contributed by atoms with E-state index in [2.05, 4.69) is 19.9 Å². The van der Waals surface area contributed by atoms with Crippen LogP contribution in [0.15, 0.2) is 27.9 Å². The number of aromatic nitrogens is 5. The quantitative estimate of drug-likeness (QED) is 0.732. The summed E-state index contributed by atoms with van der Waals surface area (Å²) in [5, 5.41) is 0. The predicted molar refractivity (Wildman–Crippen MR) is 96.8 cm³/mol. The lowest BCUT2D eigenvalue weighted by molar-refractivity contribution is 0.397. The monoisotopic (exact) mass is 355 g/mol. The third kappa shape index (κ3) is 3.02. The predicted octanol–water partition coefficient (Wildman–Crippen LogP) is 2.67. The highest BCUT2D eigenvalue weighted by atomic mass is 16.5. The highest BCUT2D eigenvalue weighted by Crippen LogP contribution is 2.33. The van der Waals surface area contributed by atoms with Crippen LogP contribution in [0.5, 0.6) is 11.8 Å². The number of aromatic amines is 2. The highest BCUT2D eigenvalue weighted by Gasteiger charge is 2.23. The molecule has 2 N–H and O–H groups in total. The molecule has 1 aliphatic carbocycles. The third-order valence-corrected chi connectivity index (χ3v) is 4.74. The van der Waals surface area contributed by atoms with Crippen molar-refractivity contribution in [3.05, 3.63) is 44.9 Å². The summed E-state index contributed by atoms with van der Waals surface area (Å²) < 4.78 is 7.23. The van der Waals surface area contributed by atoms with Crippen LogP contribution in [0.25, 0.3) is 11.2 Å². The van der Waals surface area contributed by atoms with Crippen LogP contribution >= 0.6 is 0 Å². The van der Waals surface area contributed by atoms with E-state index >= 15 is 0 Å². The Balaban J connectivity index is 1.81. The second-order valence-electron chi connectivity index (χ2n) is 6.64. The molecule has 136 valence electrons. The molecule has 3 aromatic rings. The van der Waals surface area contributed by atoms with Crippen LogP contribution in [-0.4, -0.2) is 24.5 Å². The van der Waals surface area contributed by atoms with E-state index in [-0.39, 0.29) is 17.1 Å². The summed E-state index contributed by atoms with van der Waals surface area (Å²) in [6.07, 6.45) is 6.78. The van der Waals surface area contributed by atoms with Crippen LogP contribution in [0.2, 0.25) is 0 Å². The zero-order valence-electron chi connectivity index (χ0n) is 14.6. The van der Waals surface area contributed by atoms with Gasteiger partial charge in [0, 0.05) is 24.7 Å². The van der Waals surface area contributed by atoms with Crippen molar-refractivity contribution in [2.45, 2.75) is 51.5 Å². The molecule has 0 saturated heterocycles. The van der Waals surface area contributed by atoms with Crippen molar-refractivity contribution >= 4 is 11.2 Å². The average molecular weight is 355 g/mol. The summed E-state index contributed by atoms with van der Waals surface area (Å²) in [5.41, 5.74) is 0.299. The van der Waals surface area contributed by atoms with Gasteiger partial charge in [-0.25, -0.2) is 4.98 Å². The van der Waals surface area contributed by atoms with E-state index in [9.17, 15) is 9.59 Å². The van der Waals surface area contributed by atoms with Crippen LogP contribution in [0.1, 0.15) is 50.8 Å². The van der Waals surface area contributed by atoms with Crippen LogP contribution in [0, 0.1) is 0 Å². The Morgan fingerprint density at radius 3 is 2.81 bits per heavy atom. The molecule has 0 unspecified atom stereocenters. The summed E-state index contributed by atoms with van der Waals surface area (Å²) in [7, 11) is 0. The summed E-state index contributed by atoms with van der Waals surface area (Å²) in [6.45, 7) is 2.45. The Labute approximate surface area is 149 Å². The van der Waals surface area contributed by atoms with E-state index in [1.807, 2.05) is 6.92 Å². The summed E-state index contributed by atoms with van der Waals surface area (Å²) in [6, 6.07) is 3.09. The minimum Gasteiger partial charge on any atom is -0.425 e. The van der Waals surface area contributed by atoms with Crippen molar-refractivity contribution in [1.29, 1.82) is 0 Å². The topological polar surface area (TPSA) is 106 Å². The molecule has 1 aliphatic rings. The number of rotatable bonds is 5. The molecule has 4 rings (SSSR count). The van der Waals surface area contributed by atoms with Crippen molar-refractivity contribution in [3.8, 4) is 11.8 Å². The lowest BCUT2D eigenvalue weighted by Gasteiger charge is -2.11. The van der Waals surface area contributed by atoms with Gasteiger partial charge < -0.3 is 14.7 Å². The normalized spacial score (nSPS) is 15.0. The Hall–Kier alpha value is -2.90. The zero-order valence-corrected chi connectivity index (χ0v) is 14.6. The molecule has 0 spiro atoms. The molecule has 0 radical (unpaired) electrons. The summed E-state index contributed by atoms with van der Waals surface area (Å²) in [4.78, 5) is 39.1. The number of imidazole rings is 1. The smallest absolute Gasteiger partial charge is 0.306 e. The molecular weight excluding hydrogens is 334 g/mol. The van der Waals surface area contributed by atoms with Crippen LogP contribution in [0.3, 0.4) is 0 Å². The maximum absolute atomic E-state index is 12.9. The Morgan fingerprint density at radius 1 is 1.27 bits per heavy atom. The molecule has 0 bridgehead atoms. The minimum absolute atomic E-state index is 0.152. The number of H-pyrrole nitrogens is 2. The van der Waals surface area contributed by atoms with Crippen molar-refractivity contribution in [2.75, 3.05) is 0 Å². The van der Waals surface area contributed by atoms with E-state index < -0.39 is 0 Å². The van der Waals surface area contributed by atoms with Gasteiger partial charge in [0.15, 0.2) is 11.2 Å². The number of nitrogens with zero attached hydrogens (tertiary/aromatic N) is 3. The van der Waals surface area contributed by atoms with Gasteiger partial charge in [-0.05, 0) is 25.3 Å². The van der Waals surface area contributed by atoms with Crippen LogP contribution in [-0.2, 0) is 6.54 Å². The number of fused-ring (bicyclic) bond motifs is 1. The second kappa shape index (κ2) is 6.78. The number of ether oxygens (including phenoxy) is 1. The molecule has 8 heteroatoms. The van der Waals surface area contributed by atoms with E-state index in [1.165, 1.54) is 29.7 Å². The van der Waals surface area contributed by atoms with Gasteiger partial charge in [-0.2, -0.15) is 4.98 Å². The molecule has 1 fully saturated rings. The van der Waals surface area contributed by atoms with Crippen molar-refractivity contribution in [2.24, 2.45) is 0 Å². The molecule has 3 aromatic heterocycles. The maximum Gasteiger partial charge on any atom is 0.306 e. The van der Waals surface area contributed by atoms with Crippen molar-refractivity contribution in [3.63, 3.8) is 0 Å². The van der Waals surface area contributed by atoms with Gasteiger partial charge in [0.05, 0.1) is 0 Å². The second-order valence-corrected chi connectivity index (χ2v) is 6.64. The number of hydrogen-bond acceptors (Lipinski definition) is 5. The highest BCUT2D eigenvalue weighted by molar-refractivity contribution is 5.70. The molecule has 1 saturated carbocycles. The number of hydrogen-bond donors (Lipinski definition) is 2. The van der Waals surface area contributed by atoms with Gasteiger partial charge in [0.2, 0.25) is 0 Å². The largest absolute Gasteiger partial charge is 0.425 e. The summed E-state index contributed by atoms with van der Waals surface area (Å²) >= 11 is 0. The van der Waals surface area contributed by atoms with Gasteiger partial charge in [-0.3, -0.25) is 14.2 Å². The lowest BCUT2D eigenvalue weighted by atomic mass is 10.1. The van der Waals surface area contributed by atoms with Gasteiger partial charge in [0.25, 0.3) is 11.1 Å². The Kier molecular flexibility index (Phi) is 4.32. The van der Waals surface area contributed by atoms with Crippen molar-refractivity contribution < 1.29 is 4.74 Å². The first-order chi connectivity index (χ1) is 12.7. The molecular formula is C18H21N5O3. The van der Waals surface area contributed by atoms with Gasteiger partial charge >= 0.3 is 6.01 Å². The van der Waals surface area contributed by atoms with Gasteiger partial charge in [0.1, 0.15) is 11.6 Å². The molecule has 8 nitrogen and oxygen atoms in total. The van der Waals surface area contributed by atoms with E-state index in [4.69, 9.17) is 4.74 Å². The molecule has 0 atom stereocenters. The minimum atomic E-state index is -0.281. The Morgan fingerprint density at radius 2 is 2.08 bits per heavy atom. The fourth-order valence-electron chi connectivity index (χ4n) is 3.47.